The molecule has 0 aromatic carbocycles. The second-order valence-electron chi connectivity index (χ2n) is 2.99. The minimum Gasteiger partial charge on any atom is -0.465 e. The van der Waals surface area contributed by atoms with Crippen molar-refractivity contribution in [2.24, 2.45) is 0 Å². The average molecular weight is 229 g/mol. The number of aryl methyl sites for hydroxylation is 1. The zero-order chi connectivity index (χ0) is 11.3. The SMILES string of the molecule is CCOC(=O)CSCn1nc(N)cc1C. The quantitative estimate of drug-likeness (QED) is 0.763. The zero-order valence-corrected chi connectivity index (χ0v) is 9.71. The molecule has 0 aliphatic rings. The van der Waals surface area contributed by atoms with Crippen molar-refractivity contribution < 1.29 is 9.53 Å². The highest BCUT2D eigenvalue weighted by Gasteiger charge is 2.04. The summed E-state index contributed by atoms with van der Waals surface area (Å²) in [7, 11) is 0. The Morgan fingerprint density at radius 2 is 2.47 bits per heavy atom. The zero-order valence-electron chi connectivity index (χ0n) is 8.90. The van der Waals surface area contributed by atoms with E-state index in [4.69, 9.17) is 10.5 Å². The summed E-state index contributed by atoms with van der Waals surface area (Å²) >= 11 is 1.45. The number of nitrogens with two attached hydrogens (primary N) is 1. The third-order valence-corrected chi connectivity index (χ3v) is 2.61. The van der Waals surface area contributed by atoms with Crippen molar-refractivity contribution in [3.63, 3.8) is 0 Å². The van der Waals surface area contributed by atoms with E-state index < -0.39 is 0 Å². The predicted molar refractivity (Wildman–Crippen MR) is 60.5 cm³/mol. The van der Waals surface area contributed by atoms with E-state index in [0.717, 1.165) is 5.69 Å². The molecule has 0 unspecified atom stereocenters. The van der Waals surface area contributed by atoms with Gasteiger partial charge in [0.05, 0.1) is 18.2 Å². The van der Waals surface area contributed by atoms with E-state index in [9.17, 15) is 4.79 Å². The summed E-state index contributed by atoms with van der Waals surface area (Å²) in [6, 6.07) is 1.80. The Kier molecular flexibility index (Phi) is 4.48. The number of aromatic nitrogens is 2. The van der Waals surface area contributed by atoms with Crippen LogP contribution in [-0.2, 0) is 15.4 Å². The molecule has 15 heavy (non-hydrogen) atoms. The third kappa shape index (κ3) is 3.83. The molecule has 0 spiro atoms. The molecule has 5 nitrogen and oxygen atoms in total. The molecule has 0 saturated carbocycles. The molecule has 1 heterocycles. The third-order valence-electron chi connectivity index (χ3n) is 1.74. The van der Waals surface area contributed by atoms with Crippen molar-refractivity contribution in [1.82, 2.24) is 9.78 Å². The number of anilines is 1. The van der Waals surface area contributed by atoms with Crippen LogP contribution < -0.4 is 5.73 Å². The maximum absolute atomic E-state index is 11.0. The second kappa shape index (κ2) is 5.65. The first kappa shape index (κ1) is 11.9. The lowest BCUT2D eigenvalue weighted by molar-refractivity contribution is -0.139. The van der Waals surface area contributed by atoms with Crippen LogP contribution in [0.1, 0.15) is 12.6 Å². The summed E-state index contributed by atoms with van der Waals surface area (Å²) in [6.45, 7) is 4.14. The molecule has 0 saturated heterocycles. The molecule has 1 aromatic heterocycles. The van der Waals surface area contributed by atoms with Gasteiger partial charge in [-0.05, 0) is 13.8 Å². The van der Waals surface area contributed by atoms with Gasteiger partial charge in [0.15, 0.2) is 0 Å². The van der Waals surface area contributed by atoms with Gasteiger partial charge in [0.25, 0.3) is 0 Å². The average Bonchev–Trinajstić information content (AvgIpc) is 2.46. The smallest absolute Gasteiger partial charge is 0.315 e. The molecular weight excluding hydrogens is 214 g/mol. The van der Waals surface area contributed by atoms with Gasteiger partial charge in [0.2, 0.25) is 0 Å². The summed E-state index contributed by atoms with van der Waals surface area (Å²) in [5.74, 6) is 1.26. The summed E-state index contributed by atoms with van der Waals surface area (Å²) in [5.41, 5.74) is 6.52. The van der Waals surface area contributed by atoms with Crippen LogP contribution in [0.4, 0.5) is 5.82 Å². The maximum atomic E-state index is 11.0. The fraction of sp³-hybridized carbons (Fsp3) is 0.556. The molecule has 6 heteroatoms. The molecule has 0 amide bonds. The Balaban J connectivity index is 2.31. The molecular formula is C9H15N3O2S. The summed E-state index contributed by atoms with van der Waals surface area (Å²) in [5, 5.41) is 4.07. The van der Waals surface area contributed by atoms with Gasteiger partial charge >= 0.3 is 5.97 Å². The minimum atomic E-state index is -0.194. The summed E-state index contributed by atoms with van der Waals surface area (Å²) in [6.07, 6.45) is 0. The van der Waals surface area contributed by atoms with E-state index >= 15 is 0 Å². The first-order chi connectivity index (χ1) is 7.13. The Bertz CT molecular complexity index is 338. The lowest BCUT2D eigenvalue weighted by atomic mass is 10.5. The van der Waals surface area contributed by atoms with Crippen LogP contribution in [0.25, 0.3) is 0 Å². The topological polar surface area (TPSA) is 70.1 Å². The molecule has 1 aromatic rings. The van der Waals surface area contributed by atoms with Crippen LogP contribution in [0.2, 0.25) is 0 Å². The molecule has 0 bridgehead atoms. The van der Waals surface area contributed by atoms with Crippen LogP contribution in [0, 0.1) is 6.92 Å². The van der Waals surface area contributed by atoms with Gasteiger partial charge in [-0.25, -0.2) is 0 Å². The lowest BCUT2D eigenvalue weighted by Gasteiger charge is -2.03. The van der Waals surface area contributed by atoms with Crippen molar-refractivity contribution in [1.29, 1.82) is 0 Å². The standard InChI is InChI=1S/C9H15N3O2S/c1-3-14-9(13)5-15-6-12-7(2)4-8(10)11-12/h4H,3,5-6H2,1-2H3,(H2,10,11). The number of hydrogen-bond acceptors (Lipinski definition) is 5. The highest BCUT2D eigenvalue weighted by molar-refractivity contribution is 7.98. The second-order valence-corrected chi connectivity index (χ2v) is 3.95. The normalized spacial score (nSPS) is 10.3. The maximum Gasteiger partial charge on any atom is 0.315 e. The fourth-order valence-corrected chi connectivity index (χ4v) is 1.86. The monoisotopic (exact) mass is 229 g/mol. The van der Waals surface area contributed by atoms with Gasteiger partial charge in [-0.15, -0.1) is 11.8 Å². The molecule has 0 aliphatic carbocycles. The Hall–Kier alpha value is -1.17. The number of nitrogen functional groups attached to an aromatic ring is 1. The Morgan fingerprint density at radius 3 is 3.00 bits per heavy atom. The van der Waals surface area contributed by atoms with Gasteiger partial charge < -0.3 is 10.5 Å². The summed E-state index contributed by atoms with van der Waals surface area (Å²) in [4.78, 5) is 11.0. The number of thioether (sulfide) groups is 1. The number of esters is 1. The van der Waals surface area contributed by atoms with Crippen LogP contribution in [-0.4, -0.2) is 28.1 Å². The van der Waals surface area contributed by atoms with E-state index in [1.54, 1.807) is 17.7 Å². The van der Waals surface area contributed by atoms with Crippen LogP contribution in [0.15, 0.2) is 6.07 Å². The highest BCUT2D eigenvalue weighted by Crippen LogP contribution is 2.10. The number of ether oxygens (including phenoxy) is 1. The first-order valence-corrected chi connectivity index (χ1v) is 5.82. The van der Waals surface area contributed by atoms with Crippen LogP contribution in [0.3, 0.4) is 0 Å². The number of rotatable bonds is 5. The fourth-order valence-electron chi connectivity index (χ4n) is 1.08. The van der Waals surface area contributed by atoms with Gasteiger partial charge in [-0.2, -0.15) is 5.10 Å². The first-order valence-electron chi connectivity index (χ1n) is 4.66. The van der Waals surface area contributed by atoms with Gasteiger partial charge in [0.1, 0.15) is 5.82 Å². The lowest BCUT2D eigenvalue weighted by Crippen LogP contribution is -2.08. The number of nitrogens with zero attached hydrogens (tertiary/aromatic N) is 2. The van der Waals surface area contributed by atoms with Crippen LogP contribution >= 0.6 is 11.8 Å². The van der Waals surface area contributed by atoms with Crippen molar-refractivity contribution in [2.45, 2.75) is 19.7 Å². The molecule has 1 rings (SSSR count). The van der Waals surface area contributed by atoms with Gasteiger partial charge in [-0.1, -0.05) is 0 Å². The van der Waals surface area contributed by atoms with E-state index in [1.807, 2.05) is 6.92 Å². The Labute approximate surface area is 93.0 Å². The van der Waals surface area contributed by atoms with Gasteiger partial charge in [-0.3, -0.25) is 9.48 Å². The van der Waals surface area contributed by atoms with Crippen molar-refractivity contribution in [3.05, 3.63) is 11.8 Å². The largest absolute Gasteiger partial charge is 0.465 e. The Morgan fingerprint density at radius 1 is 1.73 bits per heavy atom. The predicted octanol–water partition coefficient (Wildman–Crippen LogP) is 1.03. The van der Waals surface area contributed by atoms with E-state index in [0.29, 0.717) is 24.1 Å². The van der Waals surface area contributed by atoms with Gasteiger partial charge in [0, 0.05) is 11.8 Å². The number of carbonyl (C=O) groups excluding carboxylic acids is 1. The van der Waals surface area contributed by atoms with Crippen molar-refractivity contribution in [2.75, 3.05) is 18.1 Å². The molecule has 0 radical (unpaired) electrons. The summed E-state index contributed by atoms with van der Waals surface area (Å²) < 4.78 is 6.56. The number of carbonyl (C=O) groups is 1. The van der Waals surface area contributed by atoms with E-state index in [-0.39, 0.29) is 5.97 Å². The molecule has 0 fully saturated rings. The van der Waals surface area contributed by atoms with E-state index in [1.165, 1.54) is 11.8 Å². The molecule has 0 aliphatic heterocycles. The molecule has 2 N–H and O–H groups in total. The molecule has 0 atom stereocenters. The molecule has 84 valence electrons. The highest BCUT2D eigenvalue weighted by atomic mass is 32.2. The van der Waals surface area contributed by atoms with E-state index in [2.05, 4.69) is 5.10 Å². The van der Waals surface area contributed by atoms with Crippen molar-refractivity contribution >= 4 is 23.5 Å². The van der Waals surface area contributed by atoms with Crippen molar-refractivity contribution in [3.8, 4) is 0 Å². The number of hydrogen-bond donors (Lipinski definition) is 1. The minimum absolute atomic E-state index is 0.194. The van der Waals surface area contributed by atoms with Crippen LogP contribution in [0.5, 0.6) is 0 Å².